The van der Waals surface area contributed by atoms with E-state index in [4.69, 9.17) is 5.26 Å². The minimum atomic E-state index is -0.508. The fourth-order valence-electron chi connectivity index (χ4n) is 1.37. The van der Waals surface area contributed by atoms with Gasteiger partial charge in [0, 0.05) is 10.5 Å². The van der Waals surface area contributed by atoms with Crippen LogP contribution in [-0.4, -0.2) is 16.1 Å². The molecule has 0 unspecified atom stereocenters. The average molecular weight is 319 g/mol. The molecule has 19 heavy (non-hydrogen) atoms. The van der Waals surface area contributed by atoms with Gasteiger partial charge in [-0.05, 0) is 24.3 Å². The quantitative estimate of drug-likeness (QED) is 0.879. The lowest BCUT2D eigenvalue weighted by atomic mass is 10.2. The molecule has 1 amide bonds. The zero-order valence-electron chi connectivity index (χ0n) is 9.48. The number of carbonyl (C=O) groups excluding carboxylic acids is 1. The van der Waals surface area contributed by atoms with Gasteiger partial charge >= 0.3 is 0 Å². The SMILES string of the molecule is N#Cc1ccc(Br)cc1NC(=O)c1ccc(=O)[nH]n1. The predicted molar refractivity (Wildman–Crippen MR) is 71.7 cm³/mol. The number of aromatic amines is 1. The Balaban J connectivity index is 2.29. The van der Waals surface area contributed by atoms with Gasteiger partial charge in [0.2, 0.25) is 0 Å². The minimum absolute atomic E-state index is 0.0588. The Morgan fingerprint density at radius 2 is 2.16 bits per heavy atom. The van der Waals surface area contributed by atoms with E-state index in [0.29, 0.717) is 11.3 Å². The molecule has 0 aliphatic heterocycles. The van der Waals surface area contributed by atoms with Crippen LogP contribution in [0.15, 0.2) is 39.6 Å². The highest BCUT2D eigenvalue weighted by Gasteiger charge is 2.11. The van der Waals surface area contributed by atoms with Crippen molar-refractivity contribution < 1.29 is 4.79 Å². The van der Waals surface area contributed by atoms with E-state index in [2.05, 4.69) is 31.4 Å². The summed E-state index contributed by atoms with van der Waals surface area (Å²) in [5.74, 6) is -0.508. The Morgan fingerprint density at radius 1 is 1.37 bits per heavy atom. The molecule has 7 heteroatoms. The number of hydrogen-bond donors (Lipinski definition) is 2. The molecule has 1 heterocycles. The summed E-state index contributed by atoms with van der Waals surface area (Å²) in [5, 5.41) is 17.3. The number of aromatic nitrogens is 2. The lowest BCUT2D eigenvalue weighted by molar-refractivity contribution is 0.102. The molecule has 0 fully saturated rings. The number of anilines is 1. The number of benzene rings is 1. The average Bonchev–Trinajstić information content (AvgIpc) is 2.39. The van der Waals surface area contributed by atoms with Crippen molar-refractivity contribution in [3.63, 3.8) is 0 Å². The monoisotopic (exact) mass is 318 g/mol. The van der Waals surface area contributed by atoms with Crippen molar-refractivity contribution >= 4 is 27.5 Å². The molecule has 2 N–H and O–H groups in total. The number of amides is 1. The number of hydrogen-bond acceptors (Lipinski definition) is 4. The molecule has 0 spiro atoms. The van der Waals surface area contributed by atoms with Crippen LogP contribution in [0, 0.1) is 11.3 Å². The van der Waals surface area contributed by atoms with Crippen LogP contribution in [0.2, 0.25) is 0 Å². The summed E-state index contributed by atoms with van der Waals surface area (Å²) < 4.78 is 0.733. The van der Waals surface area contributed by atoms with Crippen LogP contribution in [0.3, 0.4) is 0 Å². The van der Waals surface area contributed by atoms with Crippen LogP contribution in [0.1, 0.15) is 16.1 Å². The largest absolute Gasteiger partial charge is 0.319 e. The summed E-state index contributed by atoms with van der Waals surface area (Å²) in [6.07, 6.45) is 0. The fraction of sp³-hybridized carbons (Fsp3) is 0. The Bertz CT molecular complexity index is 713. The lowest BCUT2D eigenvalue weighted by Gasteiger charge is -2.06. The Morgan fingerprint density at radius 3 is 2.79 bits per heavy atom. The smallest absolute Gasteiger partial charge is 0.276 e. The van der Waals surface area contributed by atoms with Crippen molar-refractivity contribution in [2.45, 2.75) is 0 Å². The number of nitriles is 1. The molecule has 0 saturated carbocycles. The van der Waals surface area contributed by atoms with E-state index in [0.717, 1.165) is 4.47 Å². The molecular weight excluding hydrogens is 312 g/mol. The first-order valence-electron chi connectivity index (χ1n) is 5.17. The molecule has 2 rings (SSSR count). The van der Waals surface area contributed by atoms with Gasteiger partial charge in [-0.25, -0.2) is 5.10 Å². The van der Waals surface area contributed by atoms with Gasteiger partial charge < -0.3 is 5.32 Å². The van der Waals surface area contributed by atoms with E-state index >= 15 is 0 Å². The predicted octanol–water partition coefficient (Wildman–Crippen LogP) is 1.66. The number of carbonyl (C=O) groups is 1. The molecule has 2 aromatic rings. The van der Waals surface area contributed by atoms with E-state index in [1.807, 2.05) is 6.07 Å². The number of nitrogens with zero attached hydrogens (tertiary/aromatic N) is 2. The summed E-state index contributed by atoms with van der Waals surface area (Å²) in [5.41, 5.74) is 0.371. The highest BCUT2D eigenvalue weighted by molar-refractivity contribution is 9.10. The molecule has 0 aliphatic carbocycles. The first-order chi connectivity index (χ1) is 9.10. The lowest BCUT2D eigenvalue weighted by Crippen LogP contribution is -2.18. The van der Waals surface area contributed by atoms with Crippen LogP contribution < -0.4 is 10.9 Å². The molecule has 6 nitrogen and oxygen atoms in total. The first-order valence-corrected chi connectivity index (χ1v) is 5.96. The summed E-state index contributed by atoms with van der Waals surface area (Å²) in [6, 6.07) is 9.38. The number of nitrogens with one attached hydrogen (secondary N) is 2. The van der Waals surface area contributed by atoms with Crippen molar-refractivity contribution in [1.29, 1.82) is 5.26 Å². The van der Waals surface area contributed by atoms with Gasteiger partial charge in [-0.2, -0.15) is 10.4 Å². The van der Waals surface area contributed by atoms with Gasteiger partial charge in [-0.15, -0.1) is 0 Å². The third-order valence-electron chi connectivity index (χ3n) is 2.26. The van der Waals surface area contributed by atoms with Crippen molar-refractivity contribution in [3.8, 4) is 6.07 Å². The van der Waals surface area contributed by atoms with Gasteiger partial charge in [0.25, 0.3) is 11.5 Å². The van der Waals surface area contributed by atoms with E-state index < -0.39 is 11.5 Å². The van der Waals surface area contributed by atoms with Crippen molar-refractivity contribution in [3.05, 3.63) is 56.4 Å². The molecule has 0 bridgehead atoms. The number of halogens is 1. The van der Waals surface area contributed by atoms with E-state index in [-0.39, 0.29) is 5.69 Å². The van der Waals surface area contributed by atoms with Crippen LogP contribution in [0.5, 0.6) is 0 Å². The summed E-state index contributed by atoms with van der Waals surface area (Å²) >= 11 is 3.26. The number of rotatable bonds is 2. The van der Waals surface area contributed by atoms with Crippen LogP contribution in [0.4, 0.5) is 5.69 Å². The second-order valence-corrected chi connectivity index (χ2v) is 4.48. The topological polar surface area (TPSA) is 98.6 Å². The van der Waals surface area contributed by atoms with Crippen LogP contribution in [0.25, 0.3) is 0 Å². The van der Waals surface area contributed by atoms with Gasteiger partial charge in [0.05, 0.1) is 11.3 Å². The Hall–Kier alpha value is -2.46. The normalized spacial score (nSPS) is 9.68. The summed E-state index contributed by atoms with van der Waals surface area (Å²) in [6.45, 7) is 0. The zero-order chi connectivity index (χ0) is 13.8. The second kappa shape index (κ2) is 5.46. The van der Waals surface area contributed by atoms with Crippen molar-refractivity contribution in [2.75, 3.05) is 5.32 Å². The standard InChI is InChI=1S/C12H7BrN4O2/c13-8-2-1-7(6-14)10(5-8)15-12(19)9-3-4-11(18)17-16-9/h1-5H,(H,15,19)(H,17,18). The fourth-order valence-corrected chi connectivity index (χ4v) is 1.74. The molecule has 1 aromatic carbocycles. The van der Waals surface area contributed by atoms with Crippen LogP contribution >= 0.6 is 15.9 Å². The van der Waals surface area contributed by atoms with Crippen LogP contribution in [-0.2, 0) is 0 Å². The Kier molecular flexibility index (Phi) is 3.73. The van der Waals surface area contributed by atoms with Gasteiger partial charge in [-0.3, -0.25) is 9.59 Å². The molecule has 0 radical (unpaired) electrons. The summed E-state index contributed by atoms with van der Waals surface area (Å²) in [4.78, 5) is 22.7. The molecule has 0 saturated heterocycles. The van der Waals surface area contributed by atoms with Crippen molar-refractivity contribution in [2.24, 2.45) is 0 Å². The van der Waals surface area contributed by atoms with E-state index in [9.17, 15) is 9.59 Å². The molecular formula is C12H7BrN4O2. The van der Waals surface area contributed by atoms with E-state index in [1.54, 1.807) is 18.2 Å². The molecule has 0 aliphatic rings. The molecule has 1 aromatic heterocycles. The summed E-state index contributed by atoms with van der Waals surface area (Å²) in [7, 11) is 0. The molecule has 0 atom stereocenters. The highest BCUT2D eigenvalue weighted by atomic mass is 79.9. The minimum Gasteiger partial charge on any atom is -0.319 e. The van der Waals surface area contributed by atoms with Gasteiger partial charge in [0.1, 0.15) is 11.8 Å². The van der Waals surface area contributed by atoms with Gasteiger partial charge in [0.15, 0.2) is 0 Å². The maximum Gasteiger partial charge on any atom is 0.276 e. The zero-order valence-corrected chi connectivity index (χ0v) is 11.1. The maximum atomic E-state index is 11.9. The second-order valence-electron chi connectivity index (χ2n) is 3.56. The Labute approximate surface area is 116 Å². The molecule has 94 valence electrons. The number of H-pyrrole nitrogens is 1. The highest BCUT2D eigenvalue weighted by Crippen LogP contribution is 2.21. The third kappa shape index (κ3) is 3.05. The third-order valence-corrected chi connectivity index (χ3v) is 2.76. The van der Waals surface area contributed by atoms with Gasteiger partial charge in [-0.1, -0.05) is 15.9 Å². The van der Waals surface area contributed by atoms with E-state index in [1.165, 1.54) is 12.1 Å². The first kappa shape index (κ1) is 13.0. The van der Waals surface area contributed by atoms with Crippen molar-refractivity contribution in [1.82, 2.24) is 10.2 Å². The maximum absolute atomic E-state index is 11.9.